The standard InChI is InChI=1S/C25H23N3O2/c1-18(25(29)26-16-15-19-7-3-2-4-8-19)30-21-13-11-20(12-14-21)24-17-27-22-9-5-6-10-23(22)28-24/h2-14,17-18H,15-16H2,1H3,(H,26,29). The Morgan fingerprint density at radius 3 is 2.40 bits per heavy atom. The monoisotopic (exact) mass is 397 g/mol. The molecule has 0 aliphatic heterocycles. The number of hydrogen-bond acceptors (Lipinski definition) is 4. The second-order valence-electron chi connectivity index (χ2n) is 7.06. The molecule has 5 heteroatoms. The highest BCUT2D eigenvalue weighted by Crippen LogP contribution is 2.22. The molecule has 4 aromatic rings. The maximum Gasteiger partial charge on any atom is 0.260 e. The molecular formula is C25H23N3O2. The molecular weight excluding hydrogens is 374 g/mol. The Hall–Kier alpha value is -3.73. The maximum absolute atomic E-state index is 12.3. The van der Waals surface area contributed by atoms with Crippen molar-refractivity contribution in [3.63, 3.8) is 0 Å². The van der Waals surface area contributed by atoms with Gasteiger partial charge in [0.15, 0.2) is 6.10 Å². The van der Waals surface area contributed by atoms with Crippen LogP contribution in [0, 0.1) is 0 Å². The van der Waals surface area contributed by atoms with Crippen molar-refractivity contribution in [2.75, 3.05) is 6.54 Å². The minimum atomic E-state index is -0.577. The highest BCUT2D eigenvalue weighted by Gasteiger charge is 2.14. The summed E-state index contributed by atoms with van der Waals surface area (Å²) in [5.41, 5.74) is 4.66. The molecule has 1 aromatic heterocycles. The summed E-state index contributed by atoms with van der Waals surface area (Å²) in [6.07, 6.45) is 1.98. The van der Waals surface area contributed by atoms with Gasteiger partial charge >= 0.3 is 0 Å². The number of nitrogens with zero attached hydrogens (tertiary/aromatic N) is 2. The van der Waals surface area contributed by atoms with Gasteiger partial charge in [0, 0.05) is 12.1 Å². The van der Waals surface area contributed by atoms with Crippen LogP contribution in [0.15, 0.2) is 85.1 Å². The molecule has 30 heavy (non-hydrogen) atoms. The molecule has 0 aliphatic carbocycles. The van der Waals surface area contributed by atoms with Crippen molar-refractivity contribution in [2.24, 2.45) is 0 Å². The van der Waals surface area contributed by atoms with Crippen molar-refractivity contribution in [3.05, 3.63) is 90.6 Å². The topological polar surface area (TPSA) is 64.1 Å². The van der Waals surface area contributed by atoms with Gasteiger partial charge in [-0.3, -0.25) is 9.78 Å². The van der Waals surface area contributed by atoms with Gasteiger partial charge in [0.2, 0.25) is 0 Å². The molecule has 1 atom stereocenters. The number of rotatable bonds is 7. The van der Waals surface area contributed by atoms with Gasteiger partial charge in [0.25, 0.3) is 5.91 Å². The van der Waals surface area contributed by atoms with Gasteiger partial charge in [-0.05, 0) is 55.3 Å². The third-order valence-corrected chi connectivity index (χ3v) is 4.84. The molecule has 1 amide bonds. The Bertz CT molecular complexity index is 1130. The second kappa shape index (κ2) is 9.18. The Balaban J connectivity index is 1.33. The zero-order chi connectivity index (χ0) is 20.8. The minimum absolute atomic E-state index is 0.129. The molecule has 0 saturated carbocycles. The summed E-state index contributed by atoms with van der Waals surface area (Å²) in [7, 11) is 0. The zero-order valence-corrected chi connectivity index (χ0v) is 16.8. The first-order chi connectivity index (χ1) is 14.7. The van der Waals surface area contributed by atoms with Crippen LogP contribution in [0.25, 0.3) is 22.3 Å². The first kappa shape index (κ1) is 19.6. The molecule has 3 aromatic carbocycles. The van der Waals surface area contributed by atoms with E-state index >= 15 is 0 Å². The zero-order valence-electron chi connectivity index (χ0n) is 16.8. The van der Waals surface area contributed by atoms with E-state index in [0.717, 1.165) is 28.7 Å². The van der Waals surface area contributed by atoms with Gasteiger partial charge in [-0.1, -0.05) is 42.5 Å². The summed E-state index contributed by atoms with van der Waals surface area (Å²) >= 11 is 0. The van der Waals surface area contributed by atoms with Crippen LogP contribution in [-0.4, -0.2) is 28.5 Å². The highest BCUT2D eigenvalue weighted by molar-refractivity contribution is 5.80. The fraction of sp³-hybridized carbons (Fsp3) is 0.160. The van der Waals surface area contributed by atoms with Crippen molar-refractivity contribution in [1.82, 2.24) is 15.3 Å². The molecule has 150 valence electrons. The summed E-state index contributed by atoms with van der Waals surface area (Å²) in [5, 5.41) is 2.92. The molecule has 1 heterocycles. The van der Waals surface area contributed by atoms with Gasteiger partial charge < -0.3 is 10.1 Å². The van der Waals surface area contributed by atoms with E-state index in [1.165, 1.54) is 5.56 Å². The number of hydrogen-bond donors (Lipinski definition) is 1. The Morgan fingerprint density at radius 2 is 1.63 bits per heavy atom. The molecule has 0 bridgehead atoms. The van der Waals surface area contributed by atoms with Gasteiger partial charge in [0.05, 0.1) is 22.9 Å². The van der Waals surface area contributed by atoms with Crippen LogP contribution in [0.2, 0.25) is 0 Å². The molecule has 4 rings (SSSR count). The number of aromatic nitrogens is 2. The van der Waals surface area contributed by atoms with E-state index in [1.807, 2.05) is 78.9 Å². The molecule has 0 saturated heterocycles. The van der Waals surface area contributed by atoms with Crippen LogP contribution in [0.5, 0.6) is 5.75 Å². The fourth-order valence-corrected chi connectivity index (χ4v) is 3.18. The van der Waals surface area contributed by atoms with Crippen LogP contribution in [0.4, 0.5) is 0 Å². The summed E-state index contributed by atoms with van der Waals surface area (Å²) in [6.45, 7) is 2.33. The van der Waals surface area contributed by atoms with E-state index in [0.29, 0.717) is 12.3 Å². The largest absolute Gasteiger partial charge is 0.481 e. The van der Waals surface area contributed by atoms with E-state index in [9.17, 15) is 4.79 Å². The Labute approximate surface area is 175 Å². The van der Waals surface area contributed by atoms with Crippen LogP contribution in [0.1, 0.15) is 12.5 Å². The molecule has 5 nitrogen and oxygen atoms in total. The van der Waals surface area contributed by atoms with Gasteiger partial charge in [-0.2, -0.15) is 0 Å². The van der Waals surface area contributed by atoms with Crippen molar-refractivity contribution in [1.29, 1.82) is 0 Å². The normalized spacial score (nSPS) is 11.8. The van der Waals surface area contributed by atoms with Gasteiger partial charge in [-0.15, -0.1) is 0 Å². The van der Waals surface area contributed by atoms with Crippen LogP contribution < -0.4 is 10.1 Å². The molecule has 0 aliphatic rings. The molecule has 0 fully saturated rings. The lowest BCUT2D eigenvalue weighted by Crippen LogP contribution is -2.37. The molecule has 0 spiro atoms. The number of benzene rings is 3. The summed E-state index contributed by atoms with van der Waals surface area (Å²) < 4.78 is 5.79. The number of nitrogens with one attached hydrogen (secondary N) is 1. The first-order valence-corrected chi connectivity index (χ1v) is 9.99. The van der Waals surface area contributed by atoms with Crippen molar-refractivity contribution >= 4 is 16.9 Å². The van der Waals surface area contributed by atoms with Crippen molar-refractivity contribution in [3.8, 4) is 17.0 Å². The summed E-state index contributed by atoms with van der Waals surface area (Å²) in [5.74, 6) is 0.508. The lowest BCUT2D eigenvalue weighted by atomic mass is 10.1. The van der Waals surface area contributed by atoms with E-state index in [2.05, 4.69) is 15.3 Å². The molecule has 0 radical (unpaired) electrons. The van der Waals surface area contributed by atoms with Crippen molar-refractivity contribution in [2.45, 2.75) is 19.4 Å². The summed E-state index contributed by atoms with van der Waals surface area (Å²) in [4.78, 5) is 21.4. The van der Waals surface area contributed by atoms with E-state index in [1.54, 1.807) is 13.1 Å². The quantitative estimate of drug-likeness (QED) is 0.501. The number of para-hydroxylation sites is 2. The van der Waals surface area contributed by atoms with Crippen molar-refractivity contribution < 1.29 is 9.53 Å². The number of carbonyl (C=O) groups excluding carboxylic acids is 1. The maximum atomic E-state index is 12.3. The number of carbonyl (C=O) groups is 1. The minimum Gasteiger partial charge on any atom is -0.481 e. The third-order valence-electron chi connectivity index (χ3n) is 4.84. The van der Waals surface area contributed by atoms with Crippen LogP contribution in [-0.2, 0) is 11.2 Å². The number of amides is 1. The predicted octanol–water partition coefficient (Wildman–Crippen LogP) is 4.42. The SMILES string of the molecule is CC(Oc1ccc(-c2cnc3ccccc3n2)cc1)C(=O)NCCc1ccccc1. The lowest BCUT2D eigenvalue weighted by molar-refractivity contribution is -0.127. The fourth-order valence-electron chi connectivity index (χ4n) is 3.18. The van der Waals surface area contributed by atoms with Gasteiger partial charge in [0.1, 0.15) is 5.75 Å². The number of fused-ring (bicyclic) bond motifs is 1. The van der Waals surface area contributed by atoms with E-state index in [-0.39, 0.29) is 5.91 Å². The lowest BCUT2D eigenvalue weighted by Gasteiger charge is -2.15. The second-order valence-corrected chi connectivity index (χ2v) is 7.06. The third kappa shape index (κ3) is 4.81. The predicted molar refractivity (Wildman–Crippen MR) is 118 cm³/mol. The van der Waals surface area contributed by atoms with E-state index in [4.69, 9.17) is 4.74 Å². The van der Waals surface area contributed by atoms with E-state index < -0.39 is 6.10 Å². The first-order valence-electron chi connectivity index (χ1n) is 9.99. The highest BCUT2D eigenvalue weighted by atomic mass is 16.5. The Kier molecular flexibility index (Phi) is 5.99. The average molecular weight is 397 g/mol. The Morgan fingerprint density at radius 1 is 0.933 bits per heavy atom. The summed E-state index contributed by atoms with van der Waals surface area (Å²) in [6, 6.07) is 25.4. The molecule has 1 unspecified atom stereocenters. The van der Waals surface area contributed by atoms with Gasteiger partial charge in [-0.25, -0.2) is 4.98 Å². The van der Waals surface area contributed by atoms with Crippen LogP contribution in [0.3, 0.4) is 0 Å². The average Bonchev–Trinajstić information content (AvgIpc) is 2.80. The number of ether oxygens (including phenoxy) is 1. The smallest absolute Gasteiger partial charge is 0.260 e. The van der Waals surface area contributed by atoms with Crippen LogP contribution >= 0.6 is 0 Å². The molecule has 1 N–H and O–H groups in total.